The van der Waals surface area contributed by atoms with Gasteiger partial charge in [-0.15, -0.1) is 6.58 Å². The highest BCUT2D eigenvalue weighted by molar-refractivity contribution is 5.90. The minimum Gasteiger partial charge on any atom is -0.483 e. The average molecular weight is 531 g/mol. The molecular formula is C32H35FN2O4. The third-order valence-corrected chi connectivity index (χ3v) is 8.13. The quantitative estimate of drug-likeness (QED) is 0.250. The van der Waals surface area contributed by atoms with Crippen LogP contribution in [0.4, 0.5) is 4.39 Å². The first kappa shape index (κ1) is 26.9. The summed E-state index contributed by atoms with van der Waals surface area (Å²) in [5.74, 6) is -1.24. The molecule has 0 aliphatic carbocycles. The number of pyridine rings is 1. The Morgan fingerprint density at radius 3 is 2.82 bits per heavy atom. The molecule has 0 bridgehead atoms. The van der Waals surface area contributed by atoms with Crippen molar-refractivity contribution in [1.29, 1.82) is 0 Å². The number of amides is 1. The maximum atomic E-state index is 14.2. The van der Waals surface area contributed by atoms with Gasteiger partial charge in [0.1, 0.15) is 28.9 Å². The number of hydrogen-bond donors (Lipinski definition) is 1. The Balaban J connectivity index is 1.45. The number of fused-ring (bicyclic) bond motifs is 3. The van der Waals surface area contributed by atoms with E-state index in [2.05, 4.69) is 6.58 Å². The van der Waals surface area contributed by atoms with Gasteiger partial charge in [0.2, 0.25) is 5.91 Å². The number of rotatable bonds is 9. The summed E-state index contributed by atoms with van der Waals surface area (Å²) in [6, 6.07) is 13.1. The molecule has 1 fully saturated rings. The number of ether oxygens (including phenoxy) is 1. The number of allylic oxidation sites excluding steroid dienone is 1. The van der Waals surface area contributed by atoms with Crippen LogP contribution in [0.25, 0.3) is 22.2 Å². The number of likely N-dealkylation sites (tertiary alicyclic amines) is 1. The number of carbonyl (C=O) groups is 2. The monoisotopic (exact) mass is 530 g/mol. The molecule has 2 aliphatic heterocycles. The van der Waals surface area contributed by atoms with Crippen LogP contribution >= 0.6 is 0 Å². The molecule has 1 spiro atoms. The predicted molar refractivity (Wildman–Crippen MR) is 149 cm³/mol. The molecule has 0 saturated carbocycles. The Bertz CT molecular complexity index is 1410. The molecule has 3 aromatic rings. The highest BCUT2D eigenvalue weighted by Gasteiger charge is 2.53. The predicted octanol–water partition coefficient (Wildman–Crippen LogP) is 6.56. The fourth-order valence-electron chi connectivity index (χ4n) is 6.05. The van der Waals surface area contributed by atoms with Gasteiger partial charge in [0.25, 0.3) is 0 Å². The van der Waals surface area contributed by atoms with Crippen molar-refractivity contribution in [2.75, 3.05) is 6.54 Å². The first-order chi connectivity index (χ1) is 18.8. The van der Waals surface area contributed by atoms with Gasteiger partial charge in [-0.2, -0.15) is 0 Å². The average Bonchev–Trinajstić information content (AvgIpc) is 3.30. The Labute approximate surface area is 228 Å². The summed E-state index contributed by atoms with van der Waals surface area (Å²) >= 11 is 0. The van der Waals surface area contributed by atoms with Gasteiger partial charge in [-0.25, -0.2) is 14.2 Å². The van der Waals surface area contributed by atoms with Crippen molar-refractivity contribution in [1.82, 2.24) is 9.88 Å². The largest absolute Gasteiger partial charge is 0.483 e. The summed E-state index contributed by atoms with van der Waals surface area (Å²) in [6.07, 6.45) is 7.97. The van der Waals surface area contributed by atoms with Crippen molar-refractivity contribution in [3.05, 3.63) is 72.6 Å². The second-order valence-corrected chi connectivity index (χ2v) is 10.9. The van der Waals surface area contributed by atoms with Crippen LogP contribution in [0.3, 0.4) is 0 Å². The SMILES string of the molecule is C=CCCCCC[C@H](C)C(=O)N1C[C@@]2(CCc3c(c(-c4cccc(F)c4)nc4ccccc34)O2)C[C@H]1C(=O)O. The van der Waals surface area contributed by atoms with Crippen molar-refractivity contribution in [2.45, 2.75) is 69.9 Å². The van der Waals surface area contributed by atoms with Crippen molar-refractivity contribution in [2.24, 2.45) is 5.92 Å². The van der Waals surface area contributed by atoms with Gasteiger partial charge in [-0.1, -0.05) is 56.2 Å². The van der Waals surface area contributed by atoms with E-state index >= 15 is 0 Å². The fourth-order valence-corrected chi connectivity index (χ4v) is 6.05. The Hall–Kier alpha value is -3.74. The number of carboxylic acid groups (broad SMARTS) is 1. The lowest BCUT2D eigenvalue weighted by molar-refractivity contribution is -0.149. The van der Waals surface area contributed by atoms with E-state index < -0.39 is 17.6 Å². The lowest BCUT2D eigenvalue weighted by atomic mass is 9.86. The van der Waals surface area contributed by atoms with Crippen molar-refractivity contribution in [3.8, 4) is 17.0 Å². The zero-order valence-electron chi connectivity index (χ0n) is 22.4. The molecule has 6 nitrogen and oxygen atoms in total. The molecule has 2 aliphatic rings. The number of carboxylic acids is 1. The number of carbonyl (C=O) groups excluding carboxylic acids is 1. The Morgan fingerprint density at radius 2 is 2.05 bits per heavy atom. The second kappa shape index (κ2) is 11.2. The minimum atomic E-state index is -1.02. The molecule has 39 heavy (non-hydrogen) atoms. The van der Waals surface area contributed by atoms with Crippen LogP contribution in [0.1, 0.15) is 57.4 Å². The van der Waals surface area contributed by atoms with E-state index in [0.717, 1.165) is 48.6 Å². The summed E-state index contributed by atoms with van der Waals surface area (Å²) in [5, 5.41) is 11.1. The highest BCUT2D eigenvalue weighted by atomic mass is 19.1. The number of unbranched alkanes of at least 4 members (excludes halogenated alkanes) is 3. The molecule has 204 valence electrons. The molecule has 7 heteroatoms. The van der Waals surface area contributed by atoms with Crippen LogP contribution in [0, 0.1) is 11.7 Å². The van der Waals surface area contributed by atoms with E-state index in [1.165, 1.54) is 17.0 Å². The molecule has 3 heterocycles. The third-order valence-electron chi connectivity index (χ3n) is 8.13. The first-order valence-electron chi connectivity index (χ1n) is 13.8. The normalized spacial score (nSPS) is 21.0. The number of nitrogens with zero attached hydrogens (tertiary/aromatic N) is 2. The molecule has 0 unspecified atom stereocenters. The van der Waals surface area contributed by atoms with E-state index in [0.29, 0.717) is 29.8 Å². The molecule has 0 radical (unpaired) electrons. The van der Waals surface area contributed by atoms with E-state index in [9.17, 15) is 19.1 Å². The highest BCUT2D eigenvalue weighted by Crippen LogP contribution is 2.47. The lowest BCUT2D eigenvalue weighted by Gasteiger charge is -2.37. The number of hydrogen-bond acceptors (Lipinski definition) is 4. The first-order valence-corrected chi connectivity index (χ1v) is 13.8. The number of para-hydroxylation sites is 1. The van der Waals surface area contributed by atoms with Crippen LogP contribution in [0.2, 0.25) is 0 Å². The maximum absolute atomic E-state index is 14.2. The Kier molecular flexibility index (Phi) is 7.69. The van der Waals surface area contributed by atoms with Crippen molar-refractivity contribution >= 4 is 22.8 Å². The number of halogens is 1. The van der Waals surface area contributed by atoms with Gasteiger partial charge >= 0.3 is 5.97 Å². The molecule has 2 aromatic carbocycles. The van der Waals surface area contributed by atoms with E-state index in [1.54, 1.807) is 12.1 Å². The maximum Gasteiger partial charge on any atom is 0.326 e. The summed E-state index contributed by atoms with van der Waals surface area (Å²) in [4.78, 5) is 32.2. The Morgan fingerprint density at radius 1 is 1.23 bits per heavy atom. The van der Waals surface area contributed by atoms with Crippen molar-refractivity contribution in [3.63, 3.8) is 0 Å². The summed E-state index contributed by atoms with van der Waals surface area (Å²) < 4.78 is 20.9. The van der Waals surface area contributed by atoms with Gasteiger partial charge in [-0.3, -0.25) is 4.79 Å². The van der Waals surface area contributed by atoms with Crippen LogP contribution < -0.4 is 4.74 Å². The minimum absolute atomic E-state index is 0.139. The number of benzene rings is 2. The van der Waals surface area contributed by atoms with Crippen LogP contribution in [-0.4, -0.2) is 45.1 Å². The van der Waals surface area contributed by atoms with Gasteiger partial charge in [-0.05, 0) is 50.3 Å². The molecule has 1 aromatic heterocycles. The summed E-state index contributed by atoms with van der Waals surface area (Å²) in [5.41, 5.74) is 2.06. The molecular weight excluding hydrogens is 495 g/mol. The molecule has 3 atom stereocenters. The topological polar surface area (TPSA) is 79.7 Å². The summed E-state index contributed by atoms with van der Waals surface area (Å²) in [6.45, 7) is 5.84. The van der Waals surface area contributed by atoms with Crippen LogP contribution in [0.5, 0.6) is 5.75 Å². The van der Waals surface area contributed by atoms with Gasteiger partial charge in [0.15, 0.2) is 0 Å². The lowest BCUT2D eigenvalue weighted by Crippen LogP contribution is -2.45. The molecule has 1 amide bonds. The fraction of sp³-hybridized carbons (Fsp3) is 0.406. The zero-order chi connectivity index (χ0) is 27.6. The second-order valence-electron chi connectivity index (χ2n) is 10.9. The van der Waals surface area contributed by atoms with E-state index in [-0.39, 0.29) is 30.6 Å². The van der Waals surface area contributed by atoms with Gasteiger partial charge in [0, 0.05) is 28.9 Å². The van der Waals surface area contributed by atoms with Crippen LogP contribution in [-0.2, 0) is 16.0 Å². The van der Waals surface area contributed by atoms with E-state index in [1.807, 2.05) is 37.3 Å². The standard InChI is InChI=1S/C32H35FN2O4/c1-3-4-5-6-7-11-21(2)30(36)35-20-32(19-27(35)31(37)38)17-16-25-24-14-8-9-15-26(24)34-28(29(25)39-32)22-12-10-13-23(33)18-22/h3,8-10,12-15,18,21,27H,1,4-7,11,16-17,19-20H2,2H3,(H,37,38)/t21-,27-,32+/m0/s1. The number of aromatic nitrogens is 1. The third kappa shape index (κ3) is 5.40. The van der Waals surface area contributed by atoms with Crippen LogP contribution in [0.15, 0.2) is 61.2 Å². The zero-order valence-corrected chi connectivity index (χ0v) is 22.4. The van der Waals surface area contributed by atoms with Crippen molar-refractivity contribution < 1.29 is 23.8 Å². The van der Waals surface area contributed by atoms with Gasteiger partial charge in [0.05, 0.1) is 12.1 Å². The number of aryl methyl sites for hydroxylation is 1. The molecule has 5 rings (SSSR count). The molecule has 1 saturated heterocycles. The van der Waals surface area contributed by atoms with E-state index in [4.69, 9.17) is 9.72 Å². The smallest absolute Gasteiger partial charge is 0.326 e. The number of aliphatic carboxylic acids is 1. The molecule has 1 N–H and O–H groups in total. The van der Waals surface area contributed by atoms with Gasteiger partial charge < -0.3 is 14.7 Å². The summed E-state index contributed by atoms with van der Waals surface area (Å²) in [7, 11) is 0.